The third-order valence-corrected chi connectivity index (χ3v) is 5.12. The van der Waals surface area contributed by atoms with Crippen molar-refractivity contribution in [1.82, 2.24) is 15.2 Å². The minimum absolute atomic E-state index is 0.127. The standard InChI is InChI=1S/C23H31N3O3/c1-22(2,3)29-21(28)24-16-23(4,19-11-12-19)25-20(27)18-9-7-17(8-10-18)15-26-13-5-6-14-26/h5-10,13-14,19H,11-12,15-16H2,1-4H3,(H,24,28)(H,25,27). The molecule has 1 heterocycles. The zero-order chi connectivity index (χ0) is 21.1. The topological polar surface area (TPSA) is 72.4 Å². The molecule has 1 aliphatic rings. The van der Waals surface area contributed by atoms with Gasteiger partial charge in [0, 0.05) is 31.0 Å². The molecule has 156 valence electrons. The van der Waals surface area contributed by atoms with Crippen LogP contribution < -0.4 is 10.6 Å². The fourth-order valence-corrected chi connectivity index (χ4v) is 3.36. The first-order valence-electron chi connectivity index (χ1n) is 10.1. The maximum atomic E-state index is 12.8. The minimum atomic E-state index is -0.550. The average molecular weight is 398 g/mol. The van der Waals surface area contributed by atoms with Crippen LogP contribution in [0.2, 0.25) is 0 Å². The molecule has 2 amide bonds. The number of alkyl carbamates (subject to hydrolysis) is 1. The first-order valence-corrected chi connectivity index (χ1v) is 10.1. The van der Waals surface area contributed by atoms with E-state index in [9.17, 15) is 9.59 Å². The number of carbonyl (C=O) groups excluding carboxylic acids is 2. The van der Waals surface area contributed by atoms with Crippen molar-refractivity contribution in [2.24, 2.45) is 5.92 Å². The highest BCUT2D eigenvalue weighted by molar-refractivity contribution is 5.94. The van der Waals surface area contributed by atoms with Gasteiger partial charge in [0.1, 0.15) is 5.60 Å². The summed E-state index contributed by atoms with van der Waals surface area (Å²) >= 11 is 0. The van der Waals surface area contributed by atoms with Gasteiger partial charge in [-0.15, -0.1) is 0 Å². The number of hydrogen-bond donors (Lipinski definition) is 2. The summed E-state index contributed by atoms with van der Waals surface area (Å²) in [6.07, 6.45) is 5.65. The first kappa shape index (κ1) is 21.0. The molecule has 3 rings (SSSR count). The number of amides is 2. The van der Waals surface area contributed by atoms with Gasteiger partial charge in [0.25, 0.3) is 5.91 Å². The number of carbonyl (C=O) groups is 2. The van der Waals surface area contributed by atoms with E-state index in [2.05, 4.69) is 15.2 Å². The second-order valence-corrected chi connectivity index (χ2v) is 9.05. The number of rotatable bonds is 7. The molecule has 6 nitrogen and oxygen atoms in total. The quantitative estimate of drug-likeness (QED) is 0.743. The summed E-state index contributed by atoms with van der Waals surface area (Å²) in [7, 11) is 0. The van der Waals surface area contributed by atoms with Gasteiger partial charge in [-0.3, -0.25) is 4.79 Å². The highest BCUT2D eigenvalue weighted by atomic mass is 16.6. The van der Waals surface area contributed by atoms with Gasteiger partial charge in [-0.05, 0) is 76.3 Å². The van der Waals surface area contributed by atoms with E-state index in [1.54, 1.807) is 0 Å². The molecule has 1 saturated carbocycles. The Morgan fingerprint density at radius 2 is 1.69 bits per heavy atom. The van der Waals surface area contributed by atoms with Gasteiger partial charge in [0.05, 0.1) is 5.54 Å². The third kappa shape index (κ3) is 6.11. The molecule has 2 aromatic rings. The maximum absolute atomic E-state index is 12.8. The van der Waals surface area contributed by atoms with Crippen LogP contribution in [0.25, 0.3) is 0 Å². The molecule has 1 aromatic carbocycles. The van der Waals surface area contributed by atoms with Crippen LogP contribution in [0.15, 0.2) is 48.8 Å². The molecule has 0 saturated heterocycles. The molecule has 0 bridgehead atoms. The molecule has 1 unspecified atom stereocenters. The fourth-order valence-electron chi connectivity index (χ4n) is 3.36. The van der Waals surface area contributed by atoms with Crippen LogP contribution in [0.1, 0.15) is 56.5 Å². The Hall–Kier alpha value is -2.76. The van der Waals surface area contributed by atoms with E-state index in [0.29, 0.717) is 18.0 Å². The summed E-state index contributed by atoms with van der Waals surface area (Å²) in [5.41, 5.74) is 0.698. The van der Waals surface area contributed by atoms with Gasteiger partial charge in [-0.1, -0.05) is 12.1 Å². The average Bonchev–Trinajstić information content (AvgIpc) is 3.38. The number of aromatic nitrogens is 1. The Morgan fingerprint density at radius 3 is 2.24 bits per heavy atom. The molecule has 1 fully saturated rings. The van der Waals surface area contributed by atoms with Gasteiger partial charge >= 0.3 is 6.09 Å². The second-order valence-electron chi connectivity index (χ2n) is 9.05. The Balaban J connectivity index is 1.59. The molecule has 6 heteroatoms. The molecular weight excluding hydrogens is 366 g/mol. The van der Waals surface area contributed by atoms with Crippen LogP contribution in [0.3, 0.4) is 0 Å². The van der Waals surface area contributed by atoms with E-state index in [0.717, 1.165) is 24.9 Å². The Kier molecular flexibility index (Phi) is 6.01. The molecular formula is C23H31N3O3. The molecule has 1 atom stereocenters. The number of nitrogens with one attached hydrogen (secondary N) is 2. The Morgan fingerprint density at radius 1 is 1.07 bits per heavy atom. The van der Waals surface area contributed by atoms with E-state index >= 15 is 0 Å². The molecule has 1 aliphatic carbocycles. The zero-order valence-corrected chi connectivity index (χ0v) is 17.7. The summed E-state index contributed by atoms with van der Waals surface area (Å²) in [6.45, 7) is 8.58. The first-order chi connectivity index (χ1) is 13.6. The van der Waals surface area contributed by atoms with Crippen molar-refractivity contribution in [2.75, 3.05) is 6.54 Å². The Bertz CT molecular complexity index is 833. The highest BCUT2D eigenvalue weighted by Gasteiger charge is 2.43. The third-order valence-electron chi connectivity index (χ3n) is 5.12. The molecule has 29 heavy (non-hydrogen) atoms. The minimum Gasteiger partial charge on any atom is -0.444 e. The highest BCUT2D eigenvalue weighted by Crippen LogP contribution is 2.39. The van der Waals surface area contributed by atoms with Crippen molar-refractivity contribution in [2.45, 2.75) is 58.2 Å². The van der Waals surface area contributed by atoms with Crippen LogP contribution in [0, 0.1) is 5.92 Å². The van der Waals surface area contributed by atoms with Gasteiger partial charge in [0.15, 0.2) is 0 Å². The van der Waals surface area contributed by atoms with Crippen molar-refractivity contribution in [1.29, 1.82) is 0 Å². The Labute approximate surface area is 172 Å². The van der Waals surface area contributed by atoms with Crippen LogP contribution >= 0.6 is 0 Å². The predicted molar refractivity (Wildman–Crippen MR) is 113 cm³/mol. The summed E-state index contributed by atoms with van der Waals surface area (Å²) in [4.78, 5) is 24.9. The van der Waals surface area contributed by atoms with E-state index < -0.39 is 17.2 Å². The second kappa shape index (κ2) is 8.31. The summed E-state index contributed by atoms with van der Waals surface area (Å²) in [6, 6.07) is 11.6. The lowest BCUT2D eigenvalue weighted by molar-refractivity contribution is 0.0502. The van der Waals surface area contributed by atoms with Crippen LogP contribution in [-0.4, -0.2) is 34.3 Å². The fraction of sp³-hybridized carbons (Fsp3) is 0.478. The van der Waals surface area contributed by atoms with Crippen molar-refractivity contribution in [3.63, 3.8) is 0 Å². The van der Waals surface area contributed by atoms with E-state index in [1.807, 2.05) is 76.5 Å². The van der Waals surface area contributed by atoms with E-state index in [1.165, 1.54) is 0 Å². The molecule has 0 aliphatic heterocycles. The molecule has 0 spiro atoms. The van der Waals surface area contributed by atoms with Crippen molar-refractivity contribution >= 4 is 12.0 Å². The SMILES string of the molecule is CC(C)(C)OC(=O)NCC(C)(NC(=O)c1ccc(Cn2cccc2)cc1)C1CC1. The summed E-state index contributed by atoms with van der Waals surface area (Å²) in [5.74, 6) is 0.229. The predicted octanol–water partition coefficient (Wildman–Crippen LogP) is 3.96. The van der Waals surface area contributed by atoms with E-state index in [4.69, 9.17) is 4.74 Å². The van der Waals surface area contributed by atoms with E-state index in [-0.39, 0.29) is 5.91 Å². The van der Waals surface area contributed by atoms with Gasteiger partial charge in [0.2, 0.25) is 0 Å². The normalized spacial score (nSPS) is 16.0. The van der Waals surface area contributed by atoms with Gasteiger partial charge in [-0.25, -0.2) is 4.79 Å². The maximum Gasteiger partial charge on any atom is 0.407 e. The molecule has 1 aromatic heterocycles. The molecule has 0 radical (unpaired) electrons. The van der Waals surface area contributed by atoms with Crippen molar-refractivity contribution in [3.8, 4) is 0 Å². The summed E-state index contributed by atoms with van der Waals surface area (Å²) < 4.78 is 7.40. The van der Waals surface area contributed by atoms with Crippen molar-refractivity contribution < 1.29 is 14.3 Å². The zero-order valence-electron chi connectivity index (χ0n) is 17.7. The number of ether oxygens (including phenoxy) is 1. The van der Waals surface area contributed by atoms with Crippen molar-refractivity contribution in [3.05, 3.63) is 59.9 Å². The lowest BCUT2D eigenvalue weighted by Crippen LogP contribution is -2.55. The van der Waals surface area contributed by atoms with Crippen LogP contribution in [0.4, 0.5) is 4.79 Å². The monoisotopic (exact) mass is 397 g/mol. The number of hydrogen-bond acceptors (Lipinski definition) is 3. The van der Waals surface area contributed by atoms with Crippen LogP contribution in [0.5, 0.6) is 0 Å². The number of benzene rings is 1. The molecule has 2 N–H and O–H groups in total. The summed E-state index contributed by atoms with van der Waals surface area (Å²) in [5, 5.41) is 5.95. The largest absolute Gasteiger partial charge is 0.444 e. The van der Waals surface area contributed by atoms with Gasteiger partial charge in [-0.2, -0.15) is 0 Å². The lowest BCUT2D eigenvalue weighted by Gasteiger charge is -2.32. The van der Waals surface area contributed by atoms with Gasteiger partial charge < -0.3 is 19.9 Å². The van der Waals surface area contributed by atoms with Crippen LogP contribution in [-0.2, 0) is 11.3 Å². The lowest BCUT2D eigenvalue weighted by atomic mass is 9.95. The smallest absolute Gasteiger partial charge is 0.407 e. The number of nitrogens with zero attached hydrogens (tertiary/aromatic N) is 1.